The third-order valence-electron chi connectivity index (χ3n) is 3.77. The SMILES string of the molecule is C[C@@H]1CCc2c1ccc(F)c2OCC1CC1. The van der Waals surface area contributed by atoms with Gasteiger partial charge in [0.2, 0.25) is 0 Å². The van der Waals surface area contributed by atoms with Crippen LogP contribution in [0.25, 0.3) is 0 Å². The van der Waals surface area contributed by atoms with Gasteiger partial charge in [0, 0.05) is 5.56 Å². The first kappa shape index (κ1) is 10.1. The first-order valence-corrected chi connectivity index (χ1v) is 6.20. The van der Waals surface area contributed by atoms with Crippen molar-refractivity contribution >= 4 is 0 Å². The Hall–Kier alpha value is -1.05. The maximum atomic E-state index is 13.7. The molecular formula is C14H17FO. The van der Waals surface area contributed by atoms with Crippen LogP contribution in [0, 0.1) is 11.7 Å². The van der Waals surface area contributed by atoms with Crippen LogP contribution in [-0.2, 0) is 6.42 Å². The zero-order valence-electron chi connectivity index (χ0n) is 9.63. The largest absolute Gasteiger partial charge is 0.490 e. The predicted octanol–water partition coefficient (Wildman–Crippen LogP) is 3.66. The molecule has 1 fully saturated rings. The summed E-state index contributed by atoms with van der Waals surface area (Å²) in [7, 11) is 0. The van der Waals surface area contributed by atoms with Gasteiger partial charge in [-0.1, -0.05) is 13.0 Å². The molecule has 1 aromatic carbocycles. The minimum absolute atomic E-state index is 0.187. The van der Waals surface area contributed by atoms with Gasteiger partial charge in [0.05, 0.1) is 6.61 Å². The van der Waals surface area contributed by atoms with E-state index >= 15 is 0 Å². The minimum atomic E-state index is -0.187. The van der Waals surface area contributed by atoms with Crippen LogP contribution < -0.4 is 4.74 Å². The molecule has 0 unspecified atom stereocenters. The molecule has 2 aliphatic rings. The lowest BCUT2D eigenvalue weighted by Crippen LogP contribution is -2.04. The van der Waals surface area contributed by atoms with E-state index in [4.69, 9.17) is 4.74 Å². The number of fused-ring (bicyclic) bond motifs is 1. The normalized spacial score (nSPS) is 23.2. The number of halogens is 1. The lowest BCUT2D eigenvalue weighted by molar-refractivity contribution is 0.282. The van der Waals surface area contributed by atoms with Crippen molar-refractivity contribution in [3.05, 3.63) is 29.1 Å². The zero-order valence-corrected chi connectivity index (χ0v) is 9.63. The van der Waals surface area contributed by atoms with E-state index in [-0.39, 0.29) is 5.82 Å². The van der Waals surface area contributed by atoms with Crippen LogP contribution in [0.15, 0.2) is 12.1 Å². The molecule has 0 N–H and O–H groups in total. The van der Waals surface area contributed by atoms with Gasteiger partial charge < -0.3 is 4.74 Å². The predicted molar refractivity (Wildman–Crippen MR) is 61.4 cm³/mol. The van der Waals surface area contributed by atoms with Gasteiger partial charge in [-0.05, 0) is 49.1 Å². The molecule has 2 aliphatic carbocycles. The van der Waals surface area contributed by atoms with Crippen LogP contribution in [0.2, 0.25) is 0 Å². The van der Waals surface area contributed by atoms with Crippen molar-refractivity contribution in [2.45, 2.75) is 38.5 Å². The van der Waals surface area contributed by atoms with Gasteiger partial charge in [0.15, 0.2) is 11.6 Å². The molecule has 0 radical (unpaired) electrons. The smallest absolute Gasteiger partial charge is 0.165 e. The van der Waals surface area contributed by atoms with Gasteiger partial charge in [-0.3, -0.25) is 0 Å². The van der Waals surface area contributed by atoms with E-state index < -0.39 is 0 Å². The molecule has 0 spiro atoms. The van der Waals surface area contributed by atoms with Crippen molar-refractivity contribution < 1.29 is 9.13 Å². The van der Waals surface area contributed by atoms with Gasteiger partial charge in [0.1, 0.15) is 0 Å². The van der Waals surface area contributed by atoms with Gasteiger partial charge in [-0.15, -0.1) is 0 Å². The molecule has 0 heterocycles. The van der Waals surface area contributed by atoms with Gasteiger partial charge in [0.25, 0.3) is 0 Å². The van der Waals surface area contributed by atoms with Gasteiger partial charge in [-0.25, -0.2) is 4.39 Å². The highest BCUT2D eigenvalue weighted by atomic mass is 19.1. The maximum absolute atomic E-state index is 13.7. The molecule has 1 saturated carbocycles. The second kappa shape index (κ2) is 3.76. The summed E-state index contributed by atoms with van der Waals surface area (Å²) < 4.78 is 19.4. The Balaban J connectivity index is 1.89. The van der Waals surface area contributed by atoms with Crippen molar-refractivity contribution in [3.63, 3.8) is 0 Å². The molecule has 1 aromatic rings. The molecule has 2 heteroatoms. The summed E-state index contributed by atoms with van der Waals surface area (Å²) in [4.78, 5) is 0. The first-order valence-electron chi connectivity index (χ1n) is 6.20. The second-order valence-electron chi connectivity index (χ2n) is 5.14. The number of hydrogen-bond donors (Lipinski definition) is 0. The Bertz CT molecular complexity index is 409. The Morgan fingerprint density at radius 2 is 2.12 bits per heavy atom. The fraction of sp³-hybridized carbons (Fsp3) is 0.571. The molecular weight excluding hydrogens is 203 g/mol. The van der Waals surface area contributed by atoms with Crippen molar-refractivity contribution in [1.29, 1.82) is 0 Å². The summed E-state index contributed by atoms with van der Waals surface area (Å²) in [6, 6.07) is 3.48. The Labute approximate surface area is 95.6 Å². The van der Waals surface area contributed by atoms with Crippen molar-refractivity contribution in [2.75, 3.05) is 6.61 Å². The highest BCUT2D eigenvalue weighted by Gasteiger charge is 2.27. The molecule has 1 nitrogen and oxygen atoms in total. The third-order valence-corrected chi connectivity index (χ3v) is 3.77. The molecule has 1 atom stereocenters. The average molecular weight is 220 g/mol. The molecule has 0 bridgehead atoms. The molecule has 0 amide bonds. The van der Waals surface area contributed by atoms with Crippen LogP contribution in [0.5, 0.6) is 5.75 Å². The summed E-state index contributed by atoms with van der Waals surface area (Å²) in [6.45, 7) is 2.90. The monoisotopic (exact) mass is 220 g/mol. The summed E-state index contributed by atoms with van der Waals surface area (Å²) in [5.74, 6) is 1.58. The van der Waals surface area contributed by atoms with E-state index in [0.717, 1.165) is 18.4 Å². The van der Waals surface area contributed by atoms with Crippen molar-refractivity contribution in [1.82, 2.24) is 0 Å². The van der Waals surface area contributed by atoms with Gasteiger partial charge >= 0.3 is 0 Å². The number of ether oxygens (including phenoxy) is 1. The third kappa shape index (κ3) is 1.70. The highest BCUT2D eigenvalue weighted by Crippen LogP contribution is 2.40. The van der Waals surface area contributed by atoms with E-state index in [9.17, 15) is 4.39 Å². The van der Waals surface area contributed by atoms with Crippen molar-refractivity contribution in [2.24, 2.45) is 5.92 Å². The zero-order chi connectivity index (χ0) is 11.1. The standard InChI is InChI=1S/C14H17FO/c1-9-2-5-12-11(9)6-7-13(15)14(12)16-8-10-3-4-10/h6-7,9-10H,2-5,8H2,1H3/t9-/m1/s1. The quantitative estimate of drug-likeness (QED) is 0.755. The van der Waals surface area contributed by atoms with E-state index in [0.29, 0.717) is 24.2 Å². The lowest BCUT2D eigenvalue weighted by atomic mass is 10.0. The summed E-state index contributed by atoms with van der Waals surface area (Å²) >= 11 is 0. The van der Waals surface area contributed by atoms with Crippen LogP contribution in [0.3, 0.4) is 0 Å². The molecule has 0 saturated heterocycles. The van der Waals surface area contributed by atoms with Crippen molar-refractivity contribution in [3.8, 4) is 5.75 Å². The van der Waals surface area contributed by atoms with Crippen LogP contribution in [-0.4, -0.2) is 6.61 Å². The fourth-order valence-corrected chi connectivity index (χ4v) is 2.49. The van der Waals surface area contributed by atoms with Gasteiger partial charge in [-0.2, -0.15) is 0 Å². The Kier molecular flexibility index (Phi) is 2.38. The first-order chi connectivity index (χ1) is 7.75. The number of hydrogen-bond acceptors (Lipinski definition) is 1. The lowest BCUT2D eigenvalue weighted by Gasteiger charge is -2.12. The Morgan fingerprint density at radius 1 is 1.31 bits per heavy atom. The number of benzene rings is 1. The summed E-state index contributed by atoms with van der Waals surface area (Å²) in [6.07, 6.45) is 4.58. The maximum Gasteiger partial charge on any atom is 0.165 e. The Morgan fingerprint density at radius 3 is 2.88 bits per heavy atom. The second-order valence-corrected chi connectivity index (χ2v) is 5.14. The van der Waals surface area contributed by atoms with Crippen LogP contribution >= 0.6 is 0 Å². The fourth-order valence-electron chi connectivity index (χ4n) is 2.49. The number of rotatable bonds is 3. The van der Waals surface area contributed by atoms with E-state index in [1.807, 2.05) is 6.07 Å². The van der Waals surface area contributed by atoms with E-state index in [1.54, 1.807) is 6.07 Å². The topological polar surface area (TPSA) is 9.23 Å². The molecule has 86 valence electrons. The summed E-state index contributed by atoms with van der Waals surface area (Å²) in [5.41, 5.74) is 2.40. The van der Waals surface area contributed by atoms with Crippen LogP contribution in [0.4, 0.5) is 4.39 Å². The van der Waals surface area contributed by atoms with E-state index in [1.165, 1.54) is 18.4 Å². The summed E-state index contributed by atoms with van der Waals surface area (Å²) in [5, 5.41) is 0. The molecule has 0 aliphatic heterocycles. The molecule has 0 aromatic heterocycles. The molecule has 16 heavy (non-hydrogen) atoms. The average Bonchev–Trinajstić information content (AvgIpc) is 3.02. The minimum Gasteiger partial charge on any atom is -0.490 e. The van der Waals surface area contributed by atoms with Crippen LogP contribution in [0.1, 0.15) is 43.2 Å². The van der Waals surface area contributed by atoms with E-state index in [2.05, 4.69) is 6.92 Å². The molecule has 3 rings (SSSR count). The highest BCUT2D eigenvalue weighted by molar-refractivity contribution is 5.46.